The van der Waals surface area contributed by atoms with Crippen LogP contribution in [-0.2, 0) is 11.3 Å². The predicted molar refractivity (Wildman–Crippen MR) is 144 cm³/mol. The van der Waals surface area contributed by atoms with Gasteiger partial charge >= 0.3 is 0 Å². The number of piperidine rings is 1. The highest BCUT2D eigenvalue weighted by Crippen LogP contribution is 2.41. The van der Waals surface area contributed by atoms with Gasteiger partial charge in [-0.15, -0.1) is 24.8 Å². The molecular weight excluding hydrogens is 485 g/mol. The van der Waals surface area contributed by atoms with Crippen molar-refractivity contribution in [1.29, 1.82) is 0 Å². The number of carbonyl (C=O) groups is 1. The van der Waals surface area contributed by atoms with Crippen LogP contribution in [0, 0.1) is 0 Å². The van der Waals surface area contributed by atoms with Gasteiger partial charge in [0.05, 0.1) is 5.69 Å². The van der Waals surface area contributed by atoms with Crippen LogP contribution in [0.25, 0.3) is 0 Å². The van der Waals surface area contributed by atoms with Crippen LogP contribution < -0.4 is 15.5 Å². The van der Waals surface area contributed by atoms with Gasteiger partial charge in [-0.1, -0.05) is 6.92 Å². The fourth-order valence-corrected chi connectivity index (χ4v) is 5.19. The molecule has 8 nitrogen and oxygen atoms in total. The van der Waals surface area contributed by atoms with E-state index in [0.29, 0.717) is 24.1 Å². The molecule has 0 radical (unpaired) electrons. The summed E-state index contributed by atoms with van der Waals surface area (Å²) in [6.07, 6.45) is 9.07. The van der Waals surface area contributed by atoms with Gasteiger partial charge in [0.1, 0.15) is 23.8 Å². The fraction of sp³-hybridized carbons (Fsp3) is 0.680. The van der Waals surface area contributed by atoms with Crippen molar-refractivity contribution in [3.63, 3.8) is 0 Å². The van der Waals surface area contributed by atoms with E-state index in [1.165, 1.54) is 24.4 Å². The van der Waals surface area contributed by atoms with E-state index < -0.39 is 0 Å². The molecule has 4 heterocycles. The van der Waals surface area contributed by atoms with E-state index in [-0.39, 0.29) is 42.2 Å². The zero-order chi connectivity index (χ0) is 23.2. The molecule has 2 aromatic heterocycles. The lowest BCUT2D eigenvalue weighted by Crippen LogP contribution is -2.38. The van der Waals surface area contributed by atoms with Crippen LogP contribution in [0.2, 0.25) is 0 Å². The van der Waals surface area contributed by atoms with E-state index >= 15 is 0 Å². The second-order valence-corrected chi connectivity index (χ2v) is 11.0. The summed E-state index contributed by atoms with van der Waals surface area (Å²) >= 11 is 0. The Labute approximate surface area is 220 Å². The largest absolute Gasteiger partial charge is 0.356 e. The minimum absolute atomic E-state index is 0. The van der Waals surface area contributed by atoms with Gasteiger partial charge in [0.25, 0.3) is 0 Å². The van der Waals surface area contributed by atoms with Crippen molar-refractivity contribution < 1.29 is 4.79 Å². The molecule has 35 heavy (non-hydrogen) atoms. The Morgan fingerprint density at radius 2 is 1.80 bits per heavy atom. The first kappa shape index (κ1) is 27.7. The number of hydrogen-bond donors (Lipinski definition) is 2. The maximum absolute atomic E-state index is 11.9. The molecule has 1 atom stereocenters. The van der Waals surface area contributed by atoms with Crippen LogP contribution in [0.15, 0.2) is 12.5 Å². The molecule has 10 heteroatoms. The SMILES string of the molecule is CC1CC(=O)Nc2ncnc(N3CCC(c4nc(C5CC5)cn4CCNC(C)(C)C)CC3)c21.Cl.Cl. The highest BCUT2D eigenvalue weighted by atomic mass is 35.5. The number of carbonyl (C=O) groups excluding carboxylic acids is 1. The highest BCUT2D eigenvalue weighted by molar-refractivity contribution is 5.94. The Bertz CT molecular complexity index is 1020. The summed E-state index contributed by atoms with van der Waals surface area (Å²) in [5.41, 5.74) is 2.50. The minimum Gasteiger partial charge on any atom is -0.356 e. The third-order valence-electron chi connectivity index (χ3n) is 7.09. The molecule has 0 spiro atoms. The van der Waals surface area contributed by atoms with Gasteiger partial charge in [-0.05, 0) is 52.4 Å². The summed E-state index contributed by atoms with van der Waals surface area (Å²) in [6.45, 7) is 12.5. The fourth-order valence-electron chi connectivity index (χ4n) is 5.19. The second kappa shape index (κ2) is 11.0. The lowest BCUT2D eigenvalue weighted by Gasteiger charge is -2.35. The Morgan fingerprint density at radius 1 is 1.09 bits per heavy atom. The molecule has 1 saturated heterocycles. The molecule has 0 aromatic carbocycles. The topological polar surface area (TPSA) is 88.0 Å². The molecule has 1 unspecified atom stereocenters. The minimum atomic E-state index is 0. The summed E-state index contributed by atoms with van der Waals surface area (Å²) in [7, 11) is 0. The Kier molecular flexibility index (Phi) is 8.71. The molecule has 1 saturated carbocycles. The molecule has 0 bridgehead atoms. The number of amides is 1. The van der Waals surface area contributed by atoms with Crippen molar-refractivity contribution in [2.45, 2.75) is 89.6 Å². The summed E-state index contributed by atoms with van der Waals surface area (Å²) in [4.78, 5) is 28.4. The Balaban J connectivity index is 0.00000171. The van der Waals surface area contributed by atoms with E-state index in [1.54, 1.807) is 6.33 Å². The van der Waals surface area contributed by atoms with Gasteiger partial charge in [-0.3, -0.25) is 4.79 Å². The average molecular weight is 525 g/mol. The van der Waals surface area contributed by atoms with Crippen molar-refractivity contribution in [3.05, 3.63) is 29.6 Å². The first-order chi connectivity index (χ1) is 15.8. The third kappa shape index (κ3) is 6.27. The molecule has 1 aliphatic carbocycles. The van der Waals surface area contributed by atoms with E-state index in [0.717, 1.165) is 50.4 Å². The van der Waals surface area contributed by atoms with Crippen LogP contribution in [0.4, 0.5) is 11.6 Å². The standard InChI is InChI=1S/C25H37N7O.2ClH/c1-16-13-20(33)30-22-21(16)24(27-15-26-22)31-10-7-18(8-11-31)23-29-19(17-5-6-17)14-32(23)12-9-28-25(2,3)4;;/h14-18,28H,5-13H2,1-4H3,(H,26,27,30,33);2*1H. The van der Waals surface area contributed by atoms with Gasteiger partial charge in [0.2, 0.25) is 5.91 Å². The maximum Gasteiger partial charge on any atom is 0.226 e. The number of aromatic nitrogens is 4. The Hall–Kier alpha value is -1.90. The van der Waals surface area contributed by atoms with Crippen LogP contribution in [0.1, 0.15) is 94.6 Å². The lowest BCUT2D eigenvalue weighted by molar-refractivity contribution is -0.116. The van der Waals surface area contributed by atoms with E-state index in [2.05, 4.69) is 64.0 Å². The van der Waals surface area contributed by atoms with Crippen LogP contribution in [0.3, 0.4) is 0 Å². The zero-order valence-corrected chi connectivity index (χ0v) is 22.8. The molecule has 2 fully saturated rings. The number of imidazole rings is 1. The number of rotatable bonds is 6. The molecule has 5 rings (SSSR count). The van der Waals surface area contributed by atoms with Crippen LogP contribution in [-0.4, -0.2) is 50.6 Å². The molecule has 2 aromatic rings. The van der Waals surface area contributed by atoms with Crippen molar-refractivity contribution >= 4 is 42.4 Å². The molecule has 1 amide bonds. The van der Waals surface area contributed by atoms with E-state index in [1.807, 2.05) is 0 Å². The summed E-state index contributed by atoms with van der Waals surface area (Å²) in [5, 5.41) is 6.54. The van der Waals surface area contributed by atoms with Gasteiger partial charge in [0, 0.05) is 61.7 Å². The average Bonchev–Trinajstić information content (AvgIpc) is 3.53. The maximum atomic E-state index is 11.9. The molecule has 2 N–H and O–H groups in total. The van der Waals surface area contributed by atoms with Crippen LogP contribution in [0.5, 0.6) is 0 Å². The van der Waals surface area contributed by atoms with Gasteiger partial charge < -0.3 is 20.1 Å². The lowest BCUT2D eigenvalue weighted by atomic mass is 9.92. The highest BCUT2D eigenvalue weighted by Gasteiger charge is 2.33. The normalized spacial score (nSPS) is 20.5. The number of anilines is 2. The quantitative estimate of drug-likeness (QED) is 0.574. The van der Waals surface area contributed by atoms with Gasteiger partial charge in [-0.2, -0.15) is 0 Å². The van der Waals surface area contributed by atoms with Gasteiger partial charge in [-0.25, -0.2) is 15.0 Å². The Morgan fingerprint density at radius 3 is 2.46 bits per heavy atom. The van der Waals surface area contributed by atoms with Crippen molar-refractivity contribution in [1.82, 2.24) is 24.8 Å². The van der Waals surface area contributed by atoms with Crippen molar-refractivity contribution in [2.75, 3.05) is 29.9 Å². The molecular formula is C25H39Cl2N7O. The van der Waals surface area contributed by atoms with Crippen LogP contribution >= 0.6 is 24.8 Å². The van der Waals surface area contributed by atoms with Crippen molar-refractivity contribution in [3.8, 4) is 0 Å². The second-order valence-electron chi connectivity index (χ2n) is 11.0. The molecule has 3 aliphatic rings. The van der Waals surface area contributed by atoms with Gasteiger partial charge in [0.15, 0.2) is 0 Å². The van der Waals surface area contributed by atoms with E-state index in [9.17, 15) is 4.79 Å². The number of fused-ring (bicyclic) bond motifs is 1. The molecule has 2 aliphatic heterocycles. The summed E-state index contributed by atoms with van der Waals surface area (Å²) < 4.78 is 2.41. The number of halogens is 2. The monoisotopic (exact) mass is 523 g/mol. The molecule has 194 valence electrons. The van der Waals surface area contributed by atoms with Crippen molar-refractivity contribution in [2.24, 2.45) is 0 Å². The predicted octanol–water partition coefficient (Wildman–Crippen LogP) is 4.61. The smallest absolute Gasteiger partial charge is 0.226 e. The third-order valence-corrected chi connectivity index (χ3v) is 7.09. The number of hydrogen-bond acceptors (Lipinski definition) is 6. The summed E-state index contributed by atoms with van der Waals surface area (Å²) in [6, 6.07) is 0. The van der Waals surface area contributed by atoms with E-state index in [4.69, 9.17) is 4.98 Å². The number of nitrogens with one attached hydrogen (secondary N) is 2. The summed E-state index contributed by atoms with van der Waals surface area (Å²) in [5.74, 6) is 4.25. The first-order valence-electron chi connectivity index (χ1n) is 12.5. The zero-order valence-electron chi connectivity index (χ0n) is 21.2. The number of nitrogens with zero attached hydrogens (tertiary/aromatic N) is 5. The first-order valence-corrected chi connectivity index (χ1v) is 12.5.